The number of aliphatic carboxylic acids is 1. The van der Waals surface area contributed by atoms with Crippen LogP contribution in [-0.4, -0.2) is 35.6 Å². The molecule has 20 heavy (non-hydrogen) atoms. The van der Waals surface area contributed by atoms with Gasteiger partial charge in [0.25, 0.3) is 0 Å². The first kappa shape index (κ1) is 17.5. The minimum atomic E-state index is -0.612. The van der Waals surface area contributed by atoms with Gasteiger partial charge in [0, 0.05) is 6.04 Å². The average molecular weight is 283 g/mol. The highest BCUT2D eigenvalue weighted by molar-refractivity contribution is 5.71. The highest BCUT2D eigenvalue weighted by Crippen LogP contribution is 2.41. The minimum absolute atomic E-state index is 0.189. The second-order valence-corrected chi connectivity index (χ2v) is 8.05. The lowest BCUT2D eigenvalue weighted by Crippen LogP contribution is -2.47. The van der Waals surface area contributed by atoms with Crippen molar-refractivity contribution in [3.05, 3.63) is 0 Å². The van der Waals surface area contributed by atoms with Crippen LogP contribution in [0.2, 0.25) is 0 Å². The topological polar surface area (TPSA) is 40.5 Å². The van der Waals surface area contributed by atoms with Gasteiger partial charge in [-0.1, -0.05) is 34.6 Å². The maximum Gasteiger partial charge on any atom is 0.308 e. The third-order valence-corrected chi connectivity index (χ3v) is 4.98. The first-order valence-corrected chi connectivity index (χ1v) is 8.06. The van der Waals surface area contributed by atoms with Crippen molar-refractivity contribution in [3.63, 3.8) is 0 Å². The fourth-order valence-corrected chi connectivity index (χ4v) is 3.34. The molecule has 3 nitrogen and oxygen atoms in total. The molecule has 3 atom stereocenters. The second kappa shape index (κ2) is 6.93. The van der Waals surface area contributed by atoms with E-state index >= 15 is 0 Å². The van der Waals surface area contributed by atoms with Crippen molar-refractivity contribution in [1.82, 2.24) is 4.90 Å². The van der Waals surface area contributed by atoms with E-state index in [1.54, 1.807) is 0 Å². The first-order valence-electron chi connectivity index (χ1n) is 8.06. The summed E-state index contributed by atoms with van der Waals surface area (Å²) in [5, 5.41) is 9.50. The highest BCUT2D eigenvalue weighted by Gasteiger charge is 2.40. The largest absolute Gasteiger partial charge is 0.481 e. The molecule has 0 aliphatic heterocycles. The van der Waals surface area contributed by atoms with Gasteiger partial charge in [-0.3, -0.25) is 4.79 Å². The Morgan fingerprint density at radius 1 is 1.30 bits per heavy atom. The van der Waals surface area contributed by atoms with Gasteiger partial charge in [0.2, 0.25) is 0 Å². The van der Waals surface area contributed by atoms with Crippen LogP contribution in [0.15, 0.2) is 0 Å². The quantitative estimate of drug-likeness (QED) is 0.832. The van der Waals surface area contributed by atoms with Crippen molar-refractivity contribution >= 4 is 5.97 Å². The zero-order valence-electron chi connectivity index (χ0n) is 14.1. The molecular formula is C17H33NO2. The molecule has 1 N–H and O–H groups in total. The van der Waals surface area contributed by atoms with Crippen LogP contribution in [0, 0.1) is 23.2 Å². The molecule has 0 aromatic carbocycles. The molecule has 3 heteroatoms. The molecule has 0 aromatic heterocycles. The van der Waals surface area contributed by atoms with Gasteiger partial charge < -0.3 is 10.0 Å². The fourth-order valence-electron chi connectivity index (χ4n) is 3.34. The van der Waals surface area contributed by atoms with Crippen molar-refractivity contribution in [2.75, 3.05) is 13.6 Å². The summed E-state index contributed by atoms with van der Waals surface area (Å²) in [6.07, 6.45) is 4.04. The van der Waals surface area contributed by atoms with E-state index in [4.69, 9.17) is 0 Å². The summed E-state index contributed by atoms with van der Waals surface area (Å²) in [6.45, 7) is 12.3. The average Bonchev–Trinajstić information content (AvgIpc) is 2.33. The number of nitrogens with zero attached hydrogens (tertiary/aromatic N) is 1. The van der Waals surface area contributed by atoms with Crippen molar-refractivity contribution in [2.24, 2.45) is 23.2 Å². The Balaban J connectivity index is 2.75. The molecule has 0 saturated heterocycles. The summed E-state index contributed by atoms with van der Waals surface area (Å²) in [7, 11) is 2.11. The van der Waals surface area contributed by atoms with Gasteiger partial charge in [0.1, 0.15) is 0 Å². The normalized spacial score (nSPS) is 28.1. The standard InChI is InChI=1S/C17H33NO2/c1-12(2)9-10-18(6)15-11-13(17(3,4)5)7-8-14(15)16(19)20/h12-15H,7-11H2,1-6H3,(H,19,20). The van der Waals surface area contributed by atoms with E-state index in [1.165, 1.54) is 0 Å². The molecule has 0 heterocycles. The van der Waals surface area contributed by atoms with Gasteiger partial charge in [-0.05, 0) is 56.5 Å². The number of carbonyl (C=O) groups is 1. The van der Waals surface area contributed by atoms with Crippen molar-refractivity contribution in [2.45, 2.75) is 66.3 Å². The molecule has 0 radical (unpaired) electrons. The van der Waals surface area contributed by atoms with Gasteiger partial charge in [0.05, 0.1) is 5.92 Å². The van der Waals surface area contributed by atoms with Crippen LogP contribution < -0.4 is 0 Å². The summed E-state index contributed by atoms with van der Waals surface area (Å²) in [5.41, 5.74) is 0.278. The Hall–Kier alpha value is -0.570. The minimum Gasteiger partial charge on any atom is -0.481 e. The number of rotatable bonds is 5. The van der Waals surface area contributed by atoms with Crippen LogP contribution in [0.3, 0.4) is 0 Å². The Kier molecular flexibility index (Phi) is 6.06. The molecule has 3 unspecified atom stereocenters. The number of carboxylic acids is 1. The zero-order chi connectivity index (χ0) is 15.5. The monoisotopic (exact) mass is 283 g/mol. The van der Waals surface area contributed by atoms with Crippen LogP contribution in [0.4, 0.5) is 0 Å². The van der Waals surface area contributed by atoms with E-state index < -0.39 is 5.97 Å². The molecule has 1 fully saturated rings. The molecule has 1 rings (SSSR count). The maximum atomic E-state index is 11.5. The van der Waals surface area contributed by atoms with Crippen LogP contribution >= 0.6 is 0 Å². The molecule has 0 aromatic rings. The SMILES string of the molecule is CC(C)CCN(C)C1CC(C(C)(C)C)CCC1C(=O)O. The summed E-state index contributed by atoms with van der Waals surface area (Å²) in [4.78, 5) is 13.8. The summed E-state index contributed by atoms with van der Waals surface area (Å²) < 4.78 is 0. The van der Waals surface area contributed by atoms with Crippen LogP contribution in [-0.2, 0) is 4.79 Å². The molecule has 1 aliphatic rings. The second-order valence-electron chi connectivity index (χ2n) is 8.05. The van der Waals surface area contributed by atoms with Gasteiger partial charge in [-0.15, -0.1) is 0 Å². The molecule has 0 spiro atoms. The van der Waals surface area contributed by atoms with E-state index in [-0.39, 0.29) is 17.4 Å². The number of carboxylic acid groups (broad SMARTS) is 1. The van der Waals surface area contributed by atoms with Crippen molar-refractivity contribution in [1.29, 1.82) is 0 Å². The van der Waals surface area contributed by atoms with Gasteiger partial charge >= 0.3 is 5.97 Å². The Morgan fingerprint density at radius 2 is 1.90 bits per heavy atom. The van der Waals surface area contributed by atoms with E-state index in [2.05, 4.69) is 46.6 Å². The smallest absolute Gasteiger partial charge is 0.308 e. The highest BCUT2D eigenvalue weighted by atomic mass is 16.4. The predicted octanol–water partition coefficient (Wildman–Crippen LogP) is 3.88. The molecule has 0 amide bonds. The number of hydrogen-bond acceptors (Lipinski definition) is 2. The molecular weight excluding hydrogens is 250 g/mol. The third-order valence-electron chi connectivity index (χ3n) is 4.98. The summed E-state index contributed by atoms with van der Waals surface area (Å²) in [5.74, 6) is 0.497. The van der Waals surface area contributed by atoms with Crippen LogP contribution in [0.5, 0.6) is 0 Å². The molecule has 1 saturated carbocycles. The first-order chi connectivity index (χ1) is 9.12. The van der Waals surface area contributed by atoms with Gasteiger partial charge in [-0.25, -0.2) is 0 Å². The Morgan fingerprint density at radius 3 is 2.35 bits per heavy atom. The third kappa shape index (κ3) is 4.76. The molecule has 118 valence electrons. The lowest BCUT2D eigenvalue weighted by Gasteiger charge is -2.44. The summed E-state index contributed by atoms with van der Waals surface area (Å²) in [6, 6.07) is 0.198. The maximum absolute atomic E-state index is 11.5. The van der Waals surface area contributed by atoms with Crippen LogP contribution in [0.1, 0.15) is 60.3 Å². The van der Waals surface area contributed by atoms with E-state index in [1.807, 2.05) is 0 Å². The van der Waals surface area contributed by atoms with Crippen molar-refractivity contribution < 1.29 is 9.90 Å². The summed E-state index contributed by atoms with van der Waals surface area (Å²) >= 11 is 0. The van der Waals surface area contributed by atoms with Gasteiger partial charge in [-0.2, -0.15) is 0 Å². The lowest BCUT2D eigenvalue weighted by molar-refractivity contribution is -0.146. The Bertz CT molecular complexity index is 319. The van der Waals surface area contributed by atoms with Crippen molar-refractivity contribution in [3.8, 4) is 0 Å². The van der Waals surface area contributed by atoms with Crippen LogP contribution in [0.25, 0.3) is 0 Å². The Labute approximate surface area is 124 Å². The number of hydrogen-bond donors (Lipinski definition) is 1. The molecule has 0 bridgehead atoms. The van der Waals surface area contributed by atoms with E-state index in [0.29, 0.717) is 11.8 Å². The van der Waals surface area contributed by atoms with Gasteiger partial charge in [0.15, 0.2) is 0 Å². The fraction of sp³-hybridized carbons (Fsp3) is 0.941. The van der Waals surface area contributed by atoms with E-state index in [9.17, 15) is 9.90 Å². The zero-order valence-corrected chi connectivity index (χ0v) is 14.1. The predicted molar refractivity (Wildman–Crippen MR) is 83.8 cm³/mol. The van der Waals surface area contributed by atoms with E-state index in [0.717, 1.165) is 32.2 Å². The molecule has 1 aliphatic carbocycles. The lowest BCUT2D eigenvalue weighted by atomic mass is 9.67.